The van der Waals surface area contributed by atoms with E-state index in [-0.39, 0.29) is 43.6 Å². The monoisotopic (exact) mass is 665 g/mol. The molecule has 0 N–H and O–H groups in total. The zero-order chi connectivity index (χ0) is 34.8. The molecule has 1 aliphatic carbocycles. The molecule has 0 bridgehead atoms. The lowest BCUT2D eigenvalue weighted by Crippen LogP contribution is -2.49. The Morgan fingerprint density at radius 1 is 0.978 bits per heavy atom. The molecule has 1 aromatic rings. The number of likely N-dealkylation sites (N-methyl/N-ethyl adjacent to an activating group) is 3. The largest absolute Gasteiger partial charge is 0.374 e. The highest BCUT2D eigenvalue weighted by Crippen LogP contribution is 2.22. The van der Waals surface area contributed by atoms with Crippen molar-refractivity contribution in [2.45, 2.75) is 86.3 Å². The quantitative estimate of drug-likeness (QED) is 0.210. The molecule has 0 saturated heterocycles. The Morgan fingerprint density at radius 2 is 1.65 bits per heavy atom. The second-order valence-corrected chi connectivity index (χ2v) is 14.3. The van der Waals surface area contributed by atoms with Crippen molar-refractivity contribution in [3.63, 3.8) is 0 Å². The summed E-state index contributed by atoms with van der Waals surface area (Å²) >= 11 is 0. The number of carbonyl (C=O) groups is 1. The molecule has 1 atom stereocenters. The number of amides is 1. The smallest absolute Gasteiger partial charge is 0.248 e. The number of allylic oxidation sites excluding steroid dienone is 2. The van der Waals surface area contributed by atoms with Gasteiger partial charge in [-0.15, -0.1) is 0 Å². The maximum atomic E-state index is 14.2. The van der Waals surface area contributed by atoms with E-state index in [0.29, 0.717) is 18.4 Å². The first kappa shape index (κ1) is 41.9. The van der Waals surface area contributed by atoms with Crippen LogP contribution in [-0.4, -0.2) is 130 Å². The third-order valence-corrected chi connectivity index (χ3v) is 9.73. The molecule has 0 saturated carbocycles. The van der Waals surface area contributed by atoms with E-state index in [9.17, 15) is 13.2 Å². The van der Waals surface area contributed by atoms with Gasteiger partial charge in [0.1, 0.15) is 6.61 Å². The number of aromatic nitrogens is 1. The molecule has 0 aromatic carbocycles. The van der Waals surface area contributed by atoms with Gasteiger partial charge >= 0.3 is 0 Å². The topological polar surface area (TPSA) is 95.5 Å². The average molecular weight is 666 g/mol. The van der Waals surface area contributed by atoms with Crippen LogP contribution in [0.15, 0.2) is 30.5 Å². The highest BCUT2D eigenvalue weighted by atomic mass is 32.2. The van der Waals surface area contributed by atoms with Gasteiger partial charge in [0.2, 0.25) is 15.9 Å². The van der Waals surface area contributed by atoms with Crippen LogP contribution >= 0.6 is 0 Å². The van der Waals surface area contributed by atoms with Gasteiger partial charge in [-0.2, -0.15) is 4.31 Å². The Balaban J connectivity index is 0.00000518. The first-order valence-corrected chi connectivity index (χ1v) is 18.5. The van der Waals surface area contributed by atoms with E-state index in [2.05, 4.69) is 35.8 Å². The van der Waals surface area contributed by atoms with E-state index in [0.717, 1.165) is 44.2 Å². The van der Waals surface area contributed by atoms with E-state index < -0.39 is 21.7 Å². The maximum Gasteiger partial charge on any atom is 0.248 e. The Kier molecular flexibility index (Phi) is 19.7. The zero-order valence-corrected chi connectivity index (χ0v) is 31.2. The van der Waals surface area contributed by atoms with Gasteiger partial charge in [-0.25, -0.2) is 8.42 Å². The number of carbonyl (C=O) groups excluding carboxylic acids is 1. The molecular weight excluding hydrogens is 602 g/mol. The molecule has 1 heterocycles. The fraction of sp³-hybridized carbons (Fsp3) is 0.714. The zero-order valence-electron chi connectivity index (χ0n) is 30.4. The lowest BCUT2D eigenvalue weighted by molar-refractivity contribution is -0.137. The summed E-state index contributed by atoms with van der Waals surface area (Å²) in [7, 11) is 0.305. The highest BCUT2D eigenvalue weighted by molar-refractivity contribution is 7.98. The van der Waals surface area contributed by atoms with Gasteiger partial charge < -0.3 is 24.2 Å². The van der Waals surface area contributed by atoms with Crippen LogP contribution in [0.3, 0.4) is 0 Å². The van der Waals surface area contributed by atoms with Gasteiger partial charge in [0.05, 0.1) is 35.1 Å². The summed E-state index contributed by atoms with van der Waals surface area (Å²) in [5.41, 5.74) is -0.477. The Bertz CT molecular complexity index is 1280. The van der Waals surface area contributed by atoms with Gasteiger partial charge in [-0.3, -0.25) is 9.78 Å². The molecule has 10 nitrogen and oxygen atoms in total. The number of ether oxygens (including phenoxy) is 2. The van der Waals surface area contributed by atoms with Crippen molar-refractivity contribution in [3.05, 3.63) is 41.0 Å². The summed E-state index contributed by atoms with van der Waals surface area (Å²) in [6, 6.07) is 3.04. The number of hydrogen-bond acceptors (Lipinski definition) is 8. The van der Waals surface area contributed by atoms with Crippen LogP contribution in [0.5, 0.6) is 0 Å². The molecule has 0 radical (unpaired) electrons. The number of nitrogens with zero attached hydrogens (tertiary/aromatic N) is 5. The van der Waals surface area contributed by atoms with E-state index in [4.69, 9.17) is 9.47 Å². The maximum absolute atomic E-state index is 14.2. The molecule has 46 heavy (non-hydrogen) atoms. The second-order valence-electron chi connectivity index (χ2n) is 12.4. The summed E-state index contributed by atoms with van der Waals surface area (Å²) in [5, 5.41) is 1.22. The Labute approximate surface area is 280 Å². The normalized spacial score (nSPS) is 14.1. The number of fused-ring (bicyclic) bond motifs is 1. The van der Waals surface area contributed by atoms with Gasteiger partial charge in [-0.1, -0.05) is 52.0 Å². The standard InChI is InChI=1S/C33H57N5O5S.C2H6/c1-9-20-35(7)21-15-22-36(8)23-24-37(10-2)31(39)27-42-25-29(26-43-33(4,5)6)38(11-3)44(40,41)30-18-13-12-16-28-17-14-19-34-32(28)30;1-2/h12-14,16-17,19,29H,9-11,15,18,20-27H2,1-8H3;1-2H3/t29-;/m1./s1. The fourth-order valence-electron chi connectivity index (χ4n) is 5.12. The van der Waals surface area contributed by atoms with Crippen molar-refractivity contribution in [2.24, 2.45) is 0 Å². The van der Waals surface area contributed by atoms with Crippen LogP contribution < -0.4 is 10.6 Å². The molecule has 0 spiro atoms. The highest BCUT2D eigenvalue weighted by Gasteiger charge is 2.34. The molecule has 0 aliphatic heterocycles. The predicted molar refractivity (Wildman–Crippen MR) is 190 cm³/mol. The molecule has 1 aromatic heterocycles. The van der Waals surface area contributed by atoms with E-state index in [1.807, 2.05) is 72.8 Å². The number of rotatable bonds is 20. The van der Waals surface area contributed by atoms with E-state index >= 15 is 0 Å². The van der Waals surface area contributed by atoms with Crippen molar-refractivity contribution in [2.75, 3.05) is 79.7 Å². The third-order valence-electron chi connectivity index (χ3n) is 7.57. The van der Waals surface area contributed by atoms with Gasteiger partial charge in [0, 0.05) is 44.0 Å². The van der Waals surface area contributed by atoms with Crippen molar-refractivity contribution >= 4 is 26.9 Å². The summed E-state index contributed by atoms with van der Waals surface area (Å²) in [5.74, 6) is -0.109. The molecule has 1 aliphatic rings. The molecule has 0 unspecified atom stereocenters. The summed E-state index contributed by atoms with van der Waals surface area (Å²) in [4.78, 5) is 24.2. The van der Waals surface area contributed by atoms with Crippen molar-refractivity contribution in [1.82, 2.24) is 24.0 Å². The molecule has 264 valence electrons. The lowest BCUT2D eigenvalue weighted by Gasteiger charge is -2.33. The molecule has 0 fully saturated rings. The number of hydrogen-bond donors (Lipinski definition) is 0. The van der Waals surface area contributed by atoms with Gasteiger partial charge in [0.15, 0.2) is 0 Å². The van der Waals surface area contributed by atoms with Crippen molar-refractivity contribution in [3.8, 4) is 0 Å². The Morgan fingerprint density at radius 3 is 2.26 bits per heavy atom. The number of sulfonamides is 1. The van der Waals surface area contributed by atoms with Crippen LogP contribution in [0.1, 0.15) is 74.7 Å². The minimum atomic E-state index is -3.93. The van der Waals surface area contributed by atoms with Crippen LogP contribution in [0.4, 0.5) is 0 Å². The number of pyridine rings is 1. The average Bonchev–Trinajstić information content (AvgIpc) is 3.24. The molecule has 11 heteroatoms. The van der Waals surface area contributed by atoms with Crippen LogP contribution in [0.2, 0.25) is 0 Å². The third kappa shape index (κ3) is 14.3. The summed E-state index contributed by atoms with van der Waals surface area (Å²) in [6.45, 7) is 21.1. The summed E-state index contributed by atoms with van der Waals surface area (Å²) in [6.07, 6.45) is 9.65. The fourth-order valence-corrected chi connectivity index (χ4v) is 6.98. The van der Waals surface area contributed by atoms with Crippen molar-refractivity contribution < 1.29 is 22.7 Å². The minimum Gasteiger partial charge on any atom is -0.374 e. The van der Waals surface area contributed by atoms with Gasteiger partial charge in [-0.05, 0) is 80.3 Å². The van der Waals surface area contributed by atoms with Crippen LogP contribution in [0.25, 0.3) is 11.0 Å². The van der Waals surface area contributed by atoms with Gasteiger partial charge in [0.25, 0.3) is 0 Å². The predicted octanol–water partition coefficient (Wildman–Crippen LogP) is 3.32. The van der Waals surface area contributed by atoms with Crippen LogP contribution in [-0.2, 0) is 24.3 Å². The minimum absolute atomic E-state index is 0.0297. The first-order chi connectivity index (χ1) is 21.8. The molecule has 2 rings (SSSR count). The summed E-state index contributed by atoms with van der Waals surface area (Å²) < 4.78 is 41.7. The van der Waals surface area contributed by atoms with Crippen LogP contribution in [0, 0.1) is 0 Å². The Hall–Kier alpha value is -2.15. The first-order valence-electron chi connectivity index (χ1n) is 17.0. The molecule has 1 amide bonds. The SMILES string of the molecule is CC.CCCN(C)CCCN(C)CCN(CC)C(=O)COC[C@H](COC(C)(C)C)N(CC)S(=O)(=O)C1=c2ncccc2=CC=CC1. The second kappa shape index (κ2) is 21.7. The molecular formula is C35H63N5O5S. The van der Waals surface area contributed by atoms with E-state index in [1.165, 1.54) is 4.31 Å². The lowest BCUT2D eigenvalue weighted by atomic mass is 10.2. The van der Waals surface area contributed by atoms with E-state index in [1.54, 1.807) is 17.2 Å². The van der Waals surface area contributed by atoms with Crippen molar-refractivity contribution in [1.29, 1.82) is 0 Å².